The van der Waals surface area contributed by atoms with Crippen LogP contribution in [0.3, 0.4) is 0 Å². The number of anilines is 1. The van der Waals surface area contributed by atoms with Crippen molar-refractivity contribution in [1.82, 2.24) is 4.90 Å². The standard InChI is InChI=1S/C30H42N2O8/c1-19-5-10-24-20(2)27(37-28-30(24)23(19)13-14-29(3,38-28)39-40-30)36-26(34)12-11-25(33)32-17-15-31(16-18-32)21-6-8-22(35-4)9-7-21/h6-9,19-20,23-24,27-28H,5,10-18H2,1-4H3/t19-,20-,23-,24-,27-,28-,29+,30-/m1/s1. The maximum absolute atomic E-state index is 12.9. The average molecular weight is 559 g/mol. The fourth-order valence-corrected chi connectivity index (χ4v) is 7.57. The molecule has 40 heavy (non-hydrogen) atoms. The molecule has 220 valence electrons. The molecule has 10 heteroatoms. The van der Waals surface area contributed by atoms with Crippen LogP contribution >= 0.6 is 0 Å². The smallest absolute Gasteiger partial charge is 0.308 e. The van der Waals surface area contributed by atoms with E-state index >= 15 is 0 Å². The lowest BCUT2D eigenvalue weighted by Gasteiger charge is -2.59. The fraction of sp³-hybridized carbons (Fsp3) is 0.733. The lowest BCUT2D eigenvalue weighted by molar-refractivity contribution is -0.576. The Kier molecular flexibility index (Phi) is 7.48. The highest BCUT2D eigenvalue weighted by atomic mass is 17.3. The van der Waals surface area contributed by atoms with E-state index in [-0.39, 0.29) is 36.5 Å². The number of rotatable bonds is 6. The topological polar surface area (TPSA) is 96.0 Å². The molecule has 5 aliphatic heterocycles. The normalized spacial score (nSPS) is 38.8. The van der Waals surface area contributed by atoms with E-state index in [1.165, 1.54) is 0 Å². The van der Waals surface area contributed by atoms with Crippen molar-refractivity contribution in [3.63, 3.8) is 0 Å². The van der Waals surface area contributed by atoms with Crippen molar-refractivity contribution in [2.24, 2.45) is 23.7 Å². The van der Waals surface area contributed by atoms with Gasteiger partial charge in [-0.1, -0.05) is 13.8 Å². The minimum Gasteiger partial charge on any atom is -0.497 e. The third kappa shape index (κ3) is 4.86. The van der Waals surface area contributed by atoms with Crippen molar-refractivity contribution in [3.05, 3.63) is 24.3 Å². The first-order valence-corrected chi connectivity index (χ1v) is 14.8. The monoisotopic (exact) mass is 558 g/mol. The van der Waals surface area contributed by atoms with Crippen LogP contribution in [-0.2, 0) is 33.6 Å². The molecule has 1 saturated carbocycles. The molecule has 2 bridgehead atoms. The predicted octanol–water partition coefficient (Wildman–Crippen LogP) is 3.88. The van der Waals surface area contributed by atoms with E-state index in [9.17, 15) is 9.59 Å². The number of benzene rings is 1. The minimum absolute atomic E-state index is 0.0163. The molecule has 5 heterocycles. The summed E-state index contributed by atoms with van der Waals surface area (Å²) in [4.78, 5) is 41.9. The summed E-state index contributed by atoms with van der Waals surface area (Å²) in [7, 11) is 1.65. The van der Waals surface area contributed by atoms with Gasteiger partial charge in [-0.2, -0.15) is 0 Å². The zero-order valence-corrected chi connectivity index (χ0v) is 24.0. The van der Waals surface area contributed by atoms with Crippen LogP contribution in [0, 0.1) is 23.7 Å². The summed E-state index contributed by atoms with van der Waals surface area (Å²) in [5.74, 6) is 0.183. The van der Waals surface area contributed by atoms with Crippen LogP contribution < -0.4 is 9.64 Å². The van der Waals surface area contributed by atoms with E-state index in [1.54, 1.807) is 7.11 Å². The van der Waals surface area contributed by atoms with Crippen molar-refractivity contribution >= 4 is 17.6 Å². The molecule has 1 aliphatic carbocycles. The second kappa shape index (κ2) is 10.8. The van der Waals surface area contributed by atoms with Gasteiger partial charge in [0.1, 0.15) is 5.75 Å². The van der Waals surface area contributed by atoms with Crippen LogP contribution in [-0.4, -0.2) is 74.0 Å². The van der Waals surface area contributed by atoms with Crippen LogP contribution in [0.1, 0.15) is 59.3 Å². The lowest BCUT2D eigenvalue weighted by Crippen LogP contribution is -2.70. The van der Waals surface area contributed by atoms with E-state index < -0.39 is 29.9 Å². The van der Waals surface area contributed by atoms with Gasteiger partial charge in [0.2, 0.25) is 18.0 Å². The van der Waals surface area contributed by atoms with Gasteiger partial charge in [-0.25, -0.2) is 9.78 Å². The molecule has 6 aliphatic rings. The molecule has 5 saturated heterocycles. The van der Waals surface area contributed by atoms with Crippen LogP contribution in [0.5, 0.6) is 5.75 Å². The van der Waals surface area contributed by atoms with Gasteiger partial charge in [-0.3, -0.25) is 9.59 Å². The number of piperazine rings is 1. The molecule has 1 aromatic carbocycles. The average Bonchev–Trinajstić information content (AvgIpc) is 3.20. The van der Waals surface area contributed by atoms with Crippen molar-refractivity contribution in [1.29, 1.82) is 0 Å². The van der Waals surface area contributed by atoms with Crippen molar-refractivity contribution in [3.8, 4) is 5.75 Å². The van der Waals surface area contributed by atoms with Crippen molar-refractivity contribution in [2.75, 3.05) is 38.2 Å². The number of amides is 1. The summed E-state index contributed by atoms with van der Waals surface area (Å²) in [5, 5.41) is 0. The number of hydrogen-bond acceptors (Lipinski definition) is 9. The van der Waals surface area contributed by atoms with Gasteiger partial charge >= 0.3 is 5.97 Å². The fourth-order valence-electron chi connectivity index (χ4n) is 7.57. The molecule has 1 spiro atoms. The van der Waals surface area contributed by atoms with E-state index in [0.29, 0.717) is 19.0 Å². The van der Waals surface area contributed by atoms with E-state index in [4.69, 9.17) is 28.7 Å². The summed E-state index contributed by atoms with van der Waals surface area (Å²) in [6.07, 6.45) is 2.40. The number of methoxy groups -OCH3 is 1. The Morgan fingerprint density at radius 1 is 0.975 bits per heavy atom. The number of esters is 1. The number of fused-ring (bicyclic) bond motifs is 2. The van der Waals surface area contributed by atoms with Gasteiger partial charge in [0.15, 0.2) is 11.9 Å². The maximum Gasteiger partial charge on any atom is 0.308 e. The first-order valence-electron chi connectivity index (χ1n) is 14.8. The first kappa shape index (κ1) is 27.8. The maximum atomic E-state index is 12.9. The van der Waals surface area contributed by atoms with Crippen molar-refractivity contribution in [2.45, 2.75) is 83.3 Å². The van der Waals surface area contributed by atoms with Gasteiger partial charge < -0.3 is 28.7 Å². The number of carbonyl (C=O) groups is 2. The molecule has 0 N–H and O–H groups in total. The van der Waals surface area contributed by atoms with Crippen LogP contribution in [0.25, 0.3) is 0 Å². The van der Waals surface area contributed by atoms with E-state index in [2.05, 4.69) is 18.7 Å². The summed E-state index contributed by atoms with van der Waals surface area (Å²) in [5.41, 5.74) is 0.412. The largest absolute Gasteiger partial charge is 0.497 e. The summed E-state index contributed by atoms with van der Waals surface area (Å²) in [6, 6.07) is 7.94. The summed E-state index contributed by atoms with van der Waals surface area (Å²) in [6.45, 7) is 8.91. The Morgan fingerprint density at radius 3 is 2.45 bits per heavy atom. The van der Waals surface area contributed by atoms with Gasteiger partial charge in [-0.15, -0.1) is 0 Å². The summed E-state index contributed by atoms with van der Waals surface area (Å²) < 4.78 is 23.8. The zero-order valence-electron chi connectivity index (χ0n) is 24.0. The molecular weight excluding hydrogens is 516 g/mol. The first-order chi connectivity index (χ1) is 19.2. The molecule has 0 aromatic heterocycles. The van der Waals surface area contributed by atoms with E-state index in [0.717, 1.165) is 50.2 Å². The molecule has 1 amide bonds. The number of nitrogens with zero attached hydrogens (tertiary/aromatic N) is 2. The molecular formula is C30H42N2O8. The number of hydrogen-bond donors (Lipinski definition) is 0. The molecule has 7 rings (SSSR count). The van der Waals surface area contributed by atoms with Crippen LogP contribution in [0.2, 0.25) is 0 Å². The Morgan fingerprint density at radius 2 is 1.73 bits per heavy atom. The minimum atomic E-state index is -0.878. The number of carbonyl (C=O) groups excluding carboxylic acids is 2. The van der Waals surface area contributed by atoms with Crippen molar-refractivity contribution < 1.29 is 38.3 Å². The van der Waals surface area contributed by atoms with Crippen LogP contribution in [0.15, 0.2) is 24.3 Å². The molecule has 0 unspecified atom stereocenters. The Labute approximate surface area is 236 Å². The van der Waals surface area contributed by atoms with Gasteiger partial charge in [-0.05, 0) is 62.3 Å². The predicted molar refractivity (Wildman–Crippen MR) is 144 cm³/mol. The Hall–Kier alpha value is -2.40. The Balaban J connectivity index is 1.02. The third-order valence-corrected chi connectivity index (χ3v) is 9.96. The molecule has 8 atom stereocenters. The number of ether oxygens (including phenoxy) is 4. The highest BCUT2D eigenvalue weighted by molar-refractivity contribution is 5.81. The highest BCUT2D eigenvalue weighted by Crippen LogP contribution is 2.60. The van der Waals surface area contributed by atoms with Gasteiger partial charge in [0, 0.05) is 56.5 Å². The third-order valence-electron chi connectivity index (χ3n) is 9.96. The molecule has 10 nitrogen and oxygen atoms in total. The molecule has 6 fully saturated rings. The van der Waals surface area contributed by atoms with Gasteiger partial charge in [0.05, 0.1) is 13.5 Å². The lowest BCUT2D eigenvalue weighted by atomic mass is 9.58. The Bertz CT molecular complexity index is 1090. The van der Waals surface area contributed by atoms with E-state index in [1.807, 2.05) is 36.1 Å². The second-order valence-corrected chi connectivity index (χ2v) is 12.3. The highest BCUT2D eigenvalue weighted by Gasteiger charge is 2.69. The quantitative estimate of drug-likeness (QED) is 0.381. The molecule has 1 aromatic rings. The van der Waals surface area contributed by atoms with Gasteiger partial charge in [0.25, 0.3) is 0 Å². The second-order valence-electron chi connectivity index (χ2n) is 12.3. The van der Waals surface area contributed by atoms with Crippen LogP contribution in [0.4, 0.5) is 5.69 Å². The summed E-state index contributed by atoms with van der Waals surface area (Å²) >= 11 is 0. The SMILES string of the molecule is COc1ccc(N2CCN(C(=O)CCC(=O)O[C@@H]3O[C@@H]4O[C@]5(C)CC[C@@H]6[C@H](C)CC[C@H]([C@H]3C)[C@@]46OO5)CC2)cc1. The molecule has 0 radical (unpaired) electrons. The zero-order chi connectivity index (χ0) is 28.1.